The standard InChI is InChI=1S/C48H48O8S6Si2/c1-11-53-45(49)29-17-27(35-21-39-41(59-35)23-43(61-39)63(5,6)7)31(47(51)55-13-3)15-25(29)33-19-37-38(57-33)20-34(58-37)26-16-32(48(52)56-14-4)28(18-30(26)46(50)54-12-2)36-22-40-42(60-36)24-44(62-40)64(8,9)10/h15-24H,11-14H2,1-10H3. The van der Waals surface area contributed by atoms with Crippen molar-refractivity contribution in [2.45, 2.75) is 67.0 Å². The Morgan fingerprint density at radius 1 is 0.359 bits per heavy atom. The van der Waals surface area contributed by atoms with Crippen LogP contribution in [-0.4, -0.2) is 66.5 Å². The fourth-order valence-corrected chi connectivity index (χ4v) is 18.6. The average molecular weight is 1000 g/mol. The van der Waals surface area contributed by atoms with Crippen molar-refractivity contribution in [2.24, 2.45) is 0 Å². The molecule has 0 N–H and O–H groups in total. The van der Waals surface area contributed by atoms with Crippen LogP contribution in [0.15, 0.2) is 60.7 Å². The van der Waals surface area contributed by atoms with Crippen molar-refractivity contribution < 1.29 is 38.1 Å². The molecule has 6 aromatic heterocycles. The van der Waals surface area contributed by atoms with Gasteiger partial charge in [0, 0.05) is 70.0 Å². The minimum Gasteiger partial charge on any atom is -0.462 e. The molecular formula is C48H48O8S6Si2. The lowest BCUT2D eigenvalue weighted by Gasteiger charge is -2.15. The summed E-state index contributed by atoms with van der Waals surface area (Å²) >= 11 is 9.74. The van der Waals surface area contributed by atoms with Gasteiger partial charge in [-0.15, -0.1) is 68.0 Å². The number of carbonyl (C=O) groups excluding carboxylic acids is 4. The summed E-state index contributed by atoms with van der Waals surface area (Å²) < 4.78 is 31.7. The van der Waals surface area contributed by atoms with Crippen molar-refractivity contribution in [1.82, 2.24) is 0 Å². The first-order valence-corrected chi connectivity index (χ1v) is 33.0. The van der Waals surface area contributed by atoms with Gasteiger partial charge in [-0.25, -0.2) is 19.2 Å². The predicted octanol–water partition coefficient (Wildman–Crippen LogP) is 14.0. The molecule has 0 radical (unpaired) electrons. The topological polar surface area (TPSA) is 105 Å². The second kappa shape index (κ2) is 18.2. The van der Waals surface area contributed by atoms with E-state index >= 15 is 0 Å². The first kappa shape index (κ1) is 46.3. The molecule has 0 saturated heterocycles. The molecule has 0 bridgehead atoms. The number of hydrogen-bond acceptors (Lipinski definition) is 14. The fraction of sp³-hybridized carbons (Fsp3) is 0.292. The molecule has 0 amide bonds. The van der Waals surface area contributed by atoms with E-state index in [4.69, 9.17) is 18.9 Å². The predicted molar refractivity (Wildman–Crippen MR) is 278 cm³/mol. The molecule has 16 heteroatoms. The van der Waals surface area contributed by atoms with Crippen molar-refractivity contribution in [1.29, 1.82) is 0 Å². The van der Waals surface area contributed by atoms with Gasteiger partial charge in [-0.1, -0.05) is 39.3 Å². The van der Waals surface area contributed by atoms with Crippen LogP contribution < -0.4 is 9.00 Å². The lowest BCUT2D eigenvalue weighted by Crippen LogP contribution is -2.34. The van der Waals surface area contributed by atoms with Crippen molar-refractivity contribution in [3.8, 4) is 41.8 Å². The average Bonchev–Trinajstić information content (AvgIpc) is 4.08. The highest BCUT2D eigenvalue weighted by molar-refractivity contribution is 7.37. The molecule has 6 heterocycles. The molecule has 0 fully saturated rings. The van der Waals surface area contributed by atoms with Gasteiger partial charge < -0.3 is 18.9 Å². The van der Waals surface area contributed by atoms with Crippen molar-refractivity contribution >= 4 is 145 Å². The zero-order valence-electron chi connectivity index (χ0n) is 37.3. The van der Waals surface area contributed by atoms with Gasteiger partial charge in [0.05, 0.1) is 64.8 Å². The van der Waals surface area contributed by atoms with Crippen LogP contribution in [-0.2, 0) is 18.9 Å². The summed E-state index contributed by atoms with van der Waals surface area (Å²) in [5.41, 5.74) is 3.82. The lowest BCUT2D eigenvalue weighted by molar-refractivity contribution is 0.0513. The zero-order valence-corrected chi connectivity index (χ0v) is 44.2. The van der Waals surface area contributed by atoms with Gasteiger partial charge in [-0.3, -0.25) is 0 Å². The Bertz CT molecular complexity index is 2830. The first-order valence-electron chi connectivity index (χ1n) is 21.1. The van der Waals surface area contributed by atoms with Gasteiger partial charge >= 0.3 is 23.9 Å². The van der Waals surface area contributed by atoms with E-state index < -0.39 is 40.0 Å². The van der Waals surface area contributed by atoms with Crippen LogP contribution in [0.25, 0.3) is 70.0 Å². The molecular weight excluding hydrogens is 953 g/mol. The Balaban J connectivity index is 1.25. The molecule has 0 aliphatic heterocycles. The van der Waals surface area contributed by atoms with Gasteiger partial charge in [-0.05, 0) is 97.4 Å². The molecule has 8 rings (SSSR count). The van der Waals surface area contributed by atoms with E-state index in [-0.39, 0.29) is 26.4 Å². The Kier molecular flexibility index (Phi) is 13.2. The molecule has 0 spiro atoms. The highest BCUT2D eigenvalue weighted by atomic mass is 32.1. The molecule has 0 unspecified atom stereocenters. The molecule has 8 aromatic rings. The van der Waals surface area contributed by atoms with Crippen LogP contribution in [0.3, 0.4) is 0 Å². The normalized spacial score (nSPS) is 12.1. The summed E-state index contributed by atoms with van der Waals surface area (Å²) in [6, 6.07) is 19.8. The molecule has 0 aliphatic rings. The SMILES string of the molecule is CCOC(=O)c1cc(-c2cc3sc([Si](C)(C)C)cc3s2)c(C(=O)OCC)cc1-c1cc2sc(-c3cc(C(=O)OCC)c(-c4cc5sc([Si](C)(C)C)cc5s4)cc3C(=O)OCC)cc2s1. The van der Waals surface area contributed by atoms with Crippen LogP contribution in [0, 0.1) is 0 Å². The highest BCUT2D eigenvalue weighted by Gasteiger charge is 2.29. The number of esters is 4. The van der Waals surface area contributed by atoms with Crippen molar-refractivity contribution in [3.05, 3.63) is 82.9 Å². The Labute approximate surface area is 398 Å². The van der Waals surface area contributed by atoms with Gasteiger partial charge in [0.2, 0.25) is 0 Å². The summed E-state index contributed by atoms with van der Waals surface area (Å²) in [6.45, 7) is 21.9. The fourth-order valence-electron chi connectivity index (χ4n) is 7.30. The van der Waals surface area contributed by atoms with Gasteiger partial charge in [0.15, 0.2) is 0 Å². The first-order chi connectivity index (χ1) is 30.4. The van der Waals surface area contributed by atoms with Crippen LogP contribution in [0.5, 0.6) is 0 Å². The minimum atomic E-state index is -1.52. The quantitative estimate of drug-likeness (QED) is 0.0603. The number of benzene rings is 2. The van der Waals surface area contributed by atoms with E-state index in [0.717, 1.165) is 47.7 Å². The summed E-state index contributed by atoms with van der Waals surface area (Å²) in [5, 5.41) is 0. The summed E-state index contributed by atoms with van der Waals surface area (Å²) in [7, 11) is -3.04. The van der Waals surface area contributed by atoms with E-state index in [1.165, 1.54) is 31.7 Å². The Morgan fingerprint density at radius 3 is 0.781 bits per heavy atom. The molecule has 0 atom stereocenters. The third kappa shape index (κ3) is 8.99. The molecule has 0 saturated carbocycles. The van der Waals surface area contributed by atoms with Gasteiger partial charge in [-0.2, -0.15) is 0 Å². The number of fused-ring (bicyclic) bond motifs is 3. The maximum atomic E-state index is 13.8. The van der Waals surface area contributed by atoms with Crippen LogP contribution in [0.2, 0.25) is 39.3 Å². The molecule has 8 nitrogen and oxygen atoms in total. The number of rotatable bonds is 14. The number of ether oxygens (including phenoxy) is 4. The number of hydrogen-bond donors (Lipinski definition) is 0. The second-order valence-corrected chi connectivity index (χ2v) is 34.4. The number of thiophene rings is 6. The Morgan fingerprint density at radius 2 is 0.578 bits per heavy atom. The van der Waals surface area contributed by atoms with E-state index in [0.29, 0.717) is 44.5 Å². The summed E-state index contributed by atoms with van der Waals surface area (Å²) in [5.74, 6) is -1.92. The van der Waals surface area contributed by atoms with E-state index in [1.807, 2.05) is 12.1 Å². The van der Waals surface area contributed by atoms with Gasteiger partial charge in [0.25, 0.3) is 0 Å². The van der Waals surface area contributed by atoms with E-state index in [2.05, 4.69) is 63.5 Å². The molecule has 332 valence electrons. The summed E-state index contributed by atoms with van der Waals surface area (Å²) in [4.78, 5) is 58.4. The molecule has 2 aromatic carbocycles. The van der Waals surface area contributed by atoms with Crippen molar-refractivity contribution in [2.75, 3.05) is 26.4 Å². The maximum Gasteiger partial charge on any atom is 0.338 e. The smallest absolute Gasteiger partial charge is 0.338 e. The van der Waals surface area contributed by atoms with Gasteiger partial charge in [0.1, 0.15) is 0 Å². The highest BCUT2D eigenvalue weighted by Crippen LogP contribution is 2.47. The third-order valence-corrected chi connectivity index (χ3v) is 24.6. The van der Waals surface area contributed by atoms with Crippen LogP contribution in [0.4, 0.5) is 0 Å². The monoisotopic (exact) mass is 1000 g/mol. The van der Waals surface area contributed by atoms with Crippen LogP contribution in [0.1, 0.15) is 69.1 Å². The largest absolute Gasteiger partial charge is 0.462 e. The lowest BCUT2D eigenvalue weighted by atomic mass is 9.96. The molecule has 64 heavy (non-hydrogen) atoms. The van der Waals surface area contributed by atoms with E-state index in [1.54, 1.807) is 97.3 Å². The van der Waals surface area contributed by atoms with E-state index in [9.17, 15) is 19.2 Å². The number of carbonyl (C=O) groups is 4. The molecule has 0 aliphatic carbocycles. The van der Waals surface area contributed by atoms with Crippen LogP contribution >= 0.6 is 68.0 Å². The minimum absolute atomic E-state index is 0.185. The zero-order chi connectivity index (χ0) is 45.8. The Hall–Kier alpha value is -4.27. The third-order valence-electron chi connectivity index (χ3n) is 10.5. The summed E-state index contributed by atoms with van der Waals surface area (Å²) in [6.07, 6.45) is 0. The van der Waals surface area contributed by atoms with Crippen molar-refractivity contribution in [3.63, 3.8) is 0 Å². The second-order valence-electron chi connectivity index (χ2n) is 17.1. The maximum absolute atomic E-state index is 13.8.